The van der Waals surface area contributed by atoms with Crippen LogP contribution >= 0.6 is 0 Å². The summed E-state index contributed by atoms with van der Waals surface area (Å²) in [5.74, 6) is 1.54. The molecule has 18 heavy (non-hydrogen) atoms. The number of carbonyl (C=O) groups is 1. The molecule has 1 aromatic rings. The van der Waals surface area contributed by atoms with Gasteiger partial charge in [0.05, 0.1) is 11.4 Å². The highest BCUT2D eigenvalue weighted by Crippen LogP contribution is 2.43. The Morgan fingerprint density at radius 3 is 2.83 bits per heavy atom. The summed E-state index contributed by atoms with van der Waals surface area (Å²) in [6.45, 7) is 4.90. The van der Waals surface area contributed by atoms with E-state index in [1.807, 2.05) is 24.0 Å². The predicted molar refractivity (Wildman–Crippen MR) is 68.3 cm³/mol. The van der Waals surface area contributed by atoms with Gasteiger partial charge in [-0.15, -0.1) is 0 Å². The maximum atomic E-state index is 12.2. The molecule has 1 N–H and O–H groups in total. The van der Waals surface area contributed by atoms with Gasteiger partial charge in [0.25, 0.3) is 0 Å². The van der Waals surface area contributed by atoms with Crippen molar-refractivity contribution in [1.82, 2.24) is 0 Å². The van der Waals surface area contributed by atoms with E-state index in [4.69, 9.17) is 9.47 Å². The molecule has 5 heteroatoms. The van der Waals surface area contributed by atoms with Gasteiger partial charge in [-0.2, -0.15) is 0 Å². The van der Waals surface area contributed by atoms with E-state index < -0.39 is 0 Å². The molecular formula is C13H16N2O3. The van der Waals surface area contributed by atoms with Crippen molar-refractivity contribution in [2.75, 3.05) is 23.6 Å². The van der Waals surface area contributed by atoms with Crippen molar-refractivity contribution in [3.8, 4) is 11.5 Å². The van der Waals surface area contributed by atoms with E-state index in [0.29, 0.717) is 5.75 Å². The molecule has 1 amide bonds. The lowest BCUT2D eigenvalue weighted by Gasteiger charge is -2.33. The van der Waals surface area contributed by atoms with Gasteiger partial charge in [-0.05, 0) is 13.3 Å². The smallest absolute Gasteiger partial charge is 0.249 e. The highest BCUT2D eigenvalue weighted by molar-refractivity contribution is 6.05. The van der Waals surface area contributed by atoms with Crippen LogP contribution in [0.15, 0.2) is 12.1 Å². The van der Waals surface area contributed by atoms with Crippen molar-refractivity contribution >= 4 is 17.3 Å². The number of hydrogen-bond acceptors (Lipinski definition) is 4. The lowest BCUT2D eigenvalue weighted by molar-refractivity contribution is -0.119. The summed E-state index contributed by atoms with van der Waals surface area (Å²) in [5.41, 5.74) is 1.81. The summed E-state index contributed by atoms with van der Waals surface area (Å²) in [5, 5.41) is 3.20. The van der Waals surface area contributed by atoms with Crippen LogP contribution < -0.4 is 19.7 Å². The third kappa shape index (κ3) is 1.58. The number of carbonyl (C=O) groups excluding carboxylic acids is 1. The highest BCUT2D eigenvalue weighted by atomic mass is 16.7. The topological polar surface area (TPSA) is 50.8 Å². The molecule has 0 fully saturated rings. The summed E-state index contributed by atoms with van der Waals surface area (Å²) in [7, 11) is 0. The van der Waals surface area contributed by atoms with Crippen LogP contribution in [0.1, 0.15) is 20.3 Å². The summed E-state index contributed by atoms with van der Waals surface area (Å²) in [6, 6.07) is 3.58. The molecule has 0 aromatic heterocycles. The zero-order valence-corrected chi connectivity index (χ0v) is 10.5. The second-order valence-electron chi connectivity index (χ2n) is 4.58. The molecule has 1 atom stereocenters. The Morgan fingerprint density at radius 2 is 2.11 bits per heavy atom. The van der Waals surface area contributed by atoms with E-state index in [1.54, 1.807) is 0 Å². The molecule has 0 saturated carbocycles. The quantitative estimate of drug-likeness (QED) is 0.869. The minimum absolute atomic E-state index is 0.100. The van der Waals surface area contributed by atoms with Gasteiger partial charge in [0.2, 0.25) is 12.7 Å². The molecule has 3 rings (SSSR count). The molecule has 5 nitrogen and oxygen atoms in total. The predicted octanol–water partition coefficient (Wildman–Crippen LogP) is 1.97. The van der Waals surface area contributed by atoms with Crippen LogP contribution in [0.2, 0.25) is 0 Å². The largest absolute Gasteiger partial charge is 0.454 e. The first-order valence-corrected chi connectivity index (χ1v) is 6.22. The Labute approximate surface area is 106 Å². The number of hydrogen-bond donors (Lipinski definition) is 1. The second kappa shape index (κ2) is 4.08. The first-order valence-electron chi connectivity index (χ1n) is 6.22. The van der Waals surface area contributed by atoms with E-state index >= 15 is 0 Å². The van der Waals surface area contributed by atoms with E-state index in [2.05, 4.69) is 12.2 Å². The van der Waals surface area contributed by atoms with Crippen molar-refractivity contribution in [3.63, 3.8) is 0 Å². The maximum Gasteiger partial charge on any atom is 0.249 e. The van der Waals surface area contributed by atoms with Crippen LogP contribution in [0, 0.1) is 0 Å². The van der Waals surface area contributed by atoms with Crippen molar-refractivity contribution in [2.24, 2.45) is 0 Å². The molecule has 0 radical (unpaired) electrons. The van der Waals surface area contributed by atoms with Crippen LogP contribution in [0.4, 0.5) is 11.4 Å². The third-order valence-corrected chi connectivity index (χ3v) is 3.24. The zero-order valence-electron chi connectivity index (χ0n) is 10.5. The van der Waals surface area contributed by atoms with E-state index in [-0.39, 0.29) is 18.7 Å². The van der Waals surface area contributed by atoms with E-state index in [1.165, 1.54) is 0 Å². The van der Waals surface area contributed by atoms with Crippen LogP contribution in [0.3, 0.4) is 0 Å². The van der Waals surface area contributed by atoms with Crippen LogP contribution in [-0.2, 0) is 4.79 Å². The number of anilines is 2. The number of fused-ring (bicyclic) bond motifs is 2. The van der Waals surface area contributed by atoms with Crippen molar-refractivity contribution in [3.05, 3.63) is 12.1 Å². The van der Waals surface area contributed by atoms with E-state index in [9.17, 15) is 4.79 Å². The summed E-state index contributed by atoms with van der Waals surface area (Å²) in [6.07, 6.45) is 0.923. The van der Waals surface area contributed by atoms with Gasteiger partial charge in [0.15, 0.2) is 11.5 Å². The molecule has 96 valence electrons. The van der Waals surface area contributed by atoms with Crippen LogP contribution in [0.5, 0.6) is 11.5 Å². The van der Waals surface area contributed by atoms with Gasteiger partial charge < -0.3 is 19.7 Å². The molecule has 0 aliphatic carbocycles. The molecule has 1 unspecified atom stereocenters. The summed E-state index contributed by atoms with van der Waals surface area (Å²) < 4.78 is 10.7. The van der Waals surface area contributed by atoms with Gasteiger partial charge in [0, 0.05) is 18.7 Å². The lowest BCUT2D eigenvalue weighted by atomic mass is 10.1. The van der Waals surface area contributed by atoms with Crippen molar-refractivity contribution in [2.45, 2.75) is 26.3 Å². The van der Waals surface area contributed by atoms with Crippen LogP contribution in [-0.4, -0.2) is 25.3 Å². The van der Waals surface area contributed by atoms with Gasteiger partial charge in [-0.1, -0.05) is 6.92 Å². The fraction of sp³-hybridized carbons (Fsp3) is 0.462. The van der Waals surface area contributed by atoms with Gasteiger partial charge >= 0.3 is 0 Å². The average Bonchev–Trinajstić information content (AvgIpc) is 2.80. The zero-order chi connectivity index (χ0) is 12.7. The Morgan fingerprint density at radius 1 is 1.39 bits per heavy atom. The van der Waals surface area contributed by atoms with Crippen LogP contribution in [0.25, 0.3) is 0 Å². The maximum absolute atomic E-state index is 12.2. The fourth-order valence-electron chi connectivity index (χ4n) is 2.37. The fourth-order valence-corrected chi connectivity index (χ4v) is 2.37. The first kappa shape index (κ1) is 11.2. The Hall–Kier alpha value is -1.91. The molecule has 0 bridgehead atoms. The number of nitrogens with zero attached hydrogens (tertiary/aromatic N) is 1. The molecule has 2 aliphatic heterocycles. The Balaban J connectivity index is 2.07. The molecule has 0 spiro atoms. The number of amides is 1. The van der Waals surface area contributed by atoms with Gasteiger partial charge in [-0.3, -0.25) is 4.79 Å². The highest BCUT2D eigenvalue weighted by Gasteiger charge is 2.31. The minimum atomic E-state index is -0.204. The first-order chi connectivity index (χ1) is 8.70. The number of ether oxygens (including phenoxy) is 2. The van der Waals surface area contributed by atoms with E-state index in [0.717, 1.165) is 30.1 Å². The SMILES string of the molecule is CCCN1C(=O)C(C)Nc2cc3c(cc21)OCO3. The molecular weight excluding hydrogens is 232 g/mol. The molecule has 2 aliphatic rings. The Kier molecular flexibility index (Phi) is 2.54. The monoisotopic (exact) mass is 248 g/mol. The van der Waals surface area contributed by atoms with Gasteiger partial charge in [0.1, 0.15) is 6.04 Å². The Bertz CT molecular complexity index is 501. The molecule has 2 heterocycles. The van der Waals surface area contributed by atoms with Crippen molar-refractivity contribution < 1.29 is 14.3 Å². The summed E-state index contributed by atoms with van der Waals surface area (Å²) >= 11 is 0. The number of rotatable bonds is 2. The lowest BCUT2D eigenvalue weighted by Crippen LogP contribution is -2.46. The number of nitrogens with one attached hydrogen (secondary N) is 1. The standard InChI is InChI=1S/C13H16N2O3/c1-3-4-15-10-6-12-11(17-7-18-12)5-9(10)14-8(2)13(15)16/h5-6,8,14H,3-4,7H2,1-2H3. The van der Waals surface area contributed by atoms with Crippen molar-refractivity contribution in [1.29, 1.82) is 0 Å². The molecule has 1 aromatic carbocycles. The van der Waals surface area contributed by atoms with Gasteiger partial charge in [-0.25, -0.2) is 0 Å². The normalized spacial score (nSPS) is 20.7. The molecule has 0 saturated heterocycles. The number of benzene rings is 1. The second-order valence-corrected chi connectivity index (χ2v) is 4.58. The average molecular weight is 248 g/mol. The minimum Gasteiger partial charge on any atom is -0.454 e. The third-order valence-electron chi connectivity index (χ3n) is 3.24. The summed E-state index contributed by atoms with van der Waals surface area (Å²) in [4.78, 5) is 14.0.